The number of hydrogen-bond acceptors (Lipinski definition) is 6. The number of carbonyl (C=O) groups excluding carboxylic acids is 1. The molecule has 0 amide bonds. The maximum absolute atomic E-state index is 11.9. The molecule has 0 saturated heterocycles. The zero-order chi connectivity index (χ0) is 17.8. The van der Waals surface area contributed by atoms with Gasteiger partial charge in [0.2, 0.25) is 0 Å². The van der Waals surface area contributed by atoms with Crippen LogP contribution in [0, 0.1) is 13.8 Å². The lowest BCUT2D eigenvalue weighted by molar-refractivity contribution is -0.145. The average Bonchev–Trinajstić information content (AvgIpc) is 3.19. The molecule has 3 rings (SSSR count). The van der Waals surface area contributed by atoms with Crippen LogP contribution in [0.2, 0.25) is 5.02 Å². The van der Waals surface area contributed by atoms with Crippen molar-refractivity contribution < 1.29 is 14.1 Å². The molecule has 0 bridgehead atoms. The van der Waals surface area contributed by atoms with Crippen molar-refractivity contribution in [3.05, 3.63) is 57.4 Å². The van der Waals surface area contributed by atoms with Crippen LogP contribution in [-0.4, -0.2) is 16.1 Å². The highest BCUT2D eigenvalue weighted by molar-refractivity contribution is 7.13. The molecule has 0 atom stereocenters. The average molecular weight is 377 g/mol. The van der Waals surface area contributed by atoms with Crippen molar-refractivity contribution in [3.8, 4) is 10.6 Å². The van der Waals surface area contributed by atoms with Crippen LogP contribution >= 0.6 is 22.9 Å². The molecule has 3 aromatic rings. The lowest BCUT2D eigenvalue weighted by atomic mass is 10.1. The van der Waals surface area contributed by atoms with Gasteiger partial charge >= 0.3 is 5.97 Å². The Labute approximate surface area is 154 Å². The summed E-state index contributed by atoms with van der Waals surface area (Å²) in [5, 5.41) is 7.34. The van der Waals surface area contributed by atoms with E-state index in [1.807, 2.05) is 43.5 Å². The summed E-state index contributed by atoms with van der Waals surface area (Å²) >= 11 is 7.40. The van der Waals surface area contributed by atoms with Gasteiger partial charge in [0.05, 0.1) is 11.4 Å². The van der Waals surface area contributed by atoms with Crippen LogP contribution in [0.3, 0.4) is 0 Å². The van der Waals surface area contributed by atoms with Crippen molar-refractivity contribution in [1.29, 1.82) is 0 Å². The van der Waals surface area contributed by atoms with Crippen LogP contribution in [-0.2, 0) is 22.6 Å². The Morgan fingerprint density at radius 1 is 1.28 bits per heavy atom. The van der Waals surface area contributed by atoms with Gasteiger partial charge in [-0.3, -0.25) is 4.79 Å². The second kappa shape index (κ2) is 7.80. The molecular formula is C18H17ClN2O3S. The van der Waals surface area contributed by atoms with E-state index in [1.54, 1.807) is 0 Å². The molecule has 0 aliphatic rings. The molecule has 25 heavy (non-hydrogen) atoms. The molecular weight excluding hydrogens is 360 g/mol. The van der Waals surface area contributed by atoms with Gasteiger partial charge in [-0.05, 0) is 32.4 Å². The maximum Gasteiger partial charge on any atom is 0.306 e. The van der Waals surface area contributed by atoms with Crippen molar-refractivity contribution in [3.63, 3.8) is 0 Å². The SMILES string of the molecule is Cc1noc(C)c1CCC(=O)OCc1csc(-c2ccc(Cl)cc2)n1. The Morgan fingerprint density at radius 3 is 2.72 bits per heavy atom. The third-order valence-electron chi connectivity index (χ3n) is 3.78. The lowest BCUT2D eigenvalue weighted by Gasteiger charge is -2.03. The Balaban J connectivity index is 1.52. The summed E-state index contributed by atoms with van der Waals surface area (Å²) in [6, 6.07) is 7.49. The Morgan fingerprint density at radius 2 is 2.04 bits per heavy atom. The van der Waals surface area contributed by atoms with Crippen LogP contribution in [0.25, 0.3) is 10.6 Å². The topological polar surface area (TPSA) is 65.2 Å². The van der Waals surface area contributed by atoms with Gasteiger partial charge in [0.1, 0.15) is 17.4 Å². The number of thiazole rings is 1. The highest BCUT2D eigenvalue weighted by Gasteiger charge is 2.13. The minimum atomic E-state index is -0.263. The monoisotopic (exact) mass is 376 g/mol. The molecule has 0 fully saturated rings. The number of nitrogens with zero attached hydrogens (tertiary/aromatic N) is 2. The first-order chi connectivity index (χ1) is 12.0. The molecule has 0 aliphatic carbocycles. The van der Waals surface area contributed by atoms with E-state index in [0.29, 0.717) is 11.4 Å². The first-order valence-corrected chi connectivity index (χ1v) is 9.06. The molecule has 7 heteroatoms. The van der Waals surface area contributed by atoms with Crippen LogP contribution in [0.15, 0.2) is 34.2 Å². The number of esters is 1. The third kappa shape index (κ3) is 4.46. The van der Waals surface area contributed by atoms with Gasteiger partial charge in [0.15, 0.2) is 0 Å². The Bertz CT molecular complexity index is 851. The number of halogens is 1. The predicted octanol–water partition coefficient (Wildman–Crippen LogP) is 4.74. The highest BCUT2D eigenvalue weighted by atomic mass is 35.5. The molecule has 130 valence electrons. The fraction of sp³-hybridized carbons (Fsp3) is 0.278. The first kappa shape index (κ1) is 17.6. The molecule has 0 radical (unpaired) electrons. The van der Waals surface area contributed by atoms with E-state index in [2.05, 4.69) is 10.1 Å². The fourth-order valence-electron chi connectivity index (χ4n) is 2.41. The van der Waals surface area contributed by atoms with Crippen molar-refractivity contribution in [1.82, 2.24) is 10.1 Å². The summed E-state index contributed by atoms with van der Waals surface area (Å²) in [4.78, 5) is 16.4. The van der Waals surface area contributed by atoms with Crippen molar-refractivity contribution in [2.45, 2.75) is 33.3 Å². The summed E-state index contributed by atoms with van der Waals surface area (Å²) in [7, 11) is 0. The zero-order valence-corrected chi connectivity index (χ0v) is 15.5. The van der Waals surface area contributed by atoms with E-state index >= 15 is 0 Å². The fourth-order valence-corrected chi connectivity index (χ4v) is 3.35. The van der Waals surface area contributed by atoms with E-state index in [0.717, 1.165) is 33.3 Å². The van der Waals surface area contributed by atoms with Crippen LogP contribution in [0.5, 0.6) is 0 Å². The van der Waals surface area contributed by atoms with E-state index in [1.165, 1.54) is 11.3 Å². The zero-order valence-electron chi connectivity index (χ0n) is 13.9. The summed E-state index contributed by atoms with van der Waals surface area (Å²) in [6.07, 6.45) is 0.851. The minimum absolute atomic E-state index is 0.171. The standard InChI is InChI=1S/C18H17ClN2O3S/c1-11-16(12(2)24-21-11)7-8-17(22)23-9-15-10-25-18(20-15)13-3-5-14(19)6-4-13/h3-6,10H,7-9H2,1-2H3. The molecule has 2 aromatic heterocycles. The molecule has 2 heterocycles. The Hall–Kier alpha value is -2.18. The maximum atomic E-state index is 11.9. The third-order valence-corrected chi connectivity index (χ3v) is 4.98. The normalized spacial score (nSPS) is 10.8. The number of aromatic nitrogens is 2. The minimum Gasteiger partial charge on any atom is -0.459 e. The van der Waals surface area contributed by atoms with Gasteiger partial charge < -0.3 is 9.26 Å². The van der Waals surface area contributed by atoms with Crippen molar-refractivity contribution in [2.75, 3.05) is 0 Å². The van der Waals surface area contributed by atoms with Gasteiger partial charge in [0.25, 0.3) is 0 Å². The number of carbonyl (C=O) groups is 1. The molecule has 0 unspecified atom stereocenters. The van der Waals surface area contributed by atoms with E-state index in [9.17, 15) is 4.79 Å². The Kier molecular flexibility index (Phi) is 5.50. The van der Waals surface area contributed by atoms with Crippen LogP contribution < -0.4 is 0 Å². The van der Waals surface area contributed by atoms with E-state index < -0.39 is 0 Å². The van der Waals surface area contributed by atoms with Crippen LogP contribution in [0.4, 0.5) is 0 Å². The summed E-state index contributed by atoms with van der Waals surface area (Å²) in [6.45, 7) is 3.88. The van der Waals surface area contributed by atoms with Gasteiger partial charge in [-0.2, -0.15) is 0 Å². The lowest BCUT2D eigenvalue weighted by Crippen LogP contribution is -2.06. The van der Waals surface area contributed by atoms with Crippen molar-refractivity contribution in [2.24, 2.45) is 0 Å². The molecule has 0 N–H and O–H groups in total. The summed E-state index contributed by atoms with van der Waals surface area (Å²) in [5.41, 5.74) is 3.51. The van der Waals surface area contributed by atoms with Crippen LogP contribution in [0.1, 0.15) is 29.1 Å². The van der Waals surface area contributed by atoms with Gasteiger partial charge in [0, 0.05) is 28.0 Å². The largest absolute Gasteiger partial charge is 0.459 e. The molecule has 5 nitrogen and oxygen atoms in total. The number of rotatable bonds is 6. The predicted molar refractivity (Wildman–Crippen MR) is 96.7 cm³/mol. The first-order valence-electron chi connectivity index (χ1n) is 7.80. The van der Waals surface area contributed by atoms with E-state index in [-0.39, 0.29) is 19.0 Å². The van der Waals surface area contributed by atoms with Gasteiger partial charge in [-0.15, -0.1) is 11.3 Å². The van der Waals surface area contributed by atoms with Gasteiger partial charge in [-0.25, -0.2) is 4.98 Å². The summed E-state index contributed by atoms with van der Waals surface area (Å²) in [5.74, 6) is 0.485. The summed E-state index contributed by atoms with van der Waals surface area (Å²) < 4.78 is 10.4. The molecule has 0 saturated carbocycles. The van der Waals surface area contributed by atoms with Crippen molar-refractivity contribution >= 4 is 28.9 Å². The number of hydrogen-bond donors (Lipinski definition) is 0. The second-order valence-electron chi connectivity index (χ2n) is 5.61. The molecule has 0 spiro atoms. The molecule has 0 aliphatic heterocycles. The number of benzene rings is 1. The quantitative estimate of drug-likeness (QED) is 0.581. The second-order valence-corrected chi connectivity index (χ2v) is 6.91. The molecule has 1 aromatic carbocycles. The van der Waals surface area contributed by atoms with Gasteiger partial charge in [-0.1, -0.05) is 28.9 Å². The highest BCUT2D eigenvalue weighted by Crippen LogP contribution is 2.25. The smallest absolute Gasteiger partial charge is 0.306 e. The number of aryl methyl sites for hydroxylation is 2. The number of ether oxygens (including phenoxy) is 1. The van der Waals surface area contributed by atoms with E-state index in [4.69, 9.17) is 20.9 Å².